The summed E-state index contributed by atoms with van der Waals surface area (Å²) < 4.78 is 3.22. The quantitative estimate of drug-likeness (QED) is 0.580. The second-order valence-corrected chi connectivity index (χ2v) is 8.03. The molecule has 142 valence electrons. The van der Waals surface area contributed by atoms with Gasteiger partial charge in [0, 0.05) is 11.8 Å². The van der Waals surface area contributed by atoms with E-state index >= 15 is 0 Å². The van der Waals surface area contributed by atoms with Gasteiger partial charge in [0.05, 0.1) is 6.04 Å². The van der Waals surface area contributed by atoms with E-state index in [0.717, 1.165) is 28.9 Å². The third kappa shape index (κ3) is 2.65. The molecule has 7 heteroatoms. The minimum absolute atomic E-state index is 0.00687. The van der Waals surface area contributed by atoms with Crippen LogP contribution in [0.3, 0.4) is 0 Å². The molecule has 4 aromatic rings. The lowest BCUT2D eigenvalue weighted by molar-refractivity contribution is -0.122. The van der Waals surface area contributed by atoms with Crippen molar-refractivity contribution in [3.8, 4) is 0 Å². The molecule has 1 atom stereocenters. The maximum Gasteiger partial charge on any atom is 0.291 e. The summed E-state index contributed by atoms with van der Waals surface area (Å²) in [6, 6.07) is 12.1. The minimum atomic E-state index is -0.234. The summed E-state index contributed by atoms with van der Waals surface area (Å²) >= 11 is 1.59. The Hall–Kier alpha value is -2.93. The van der Waals surface area contributed by atoms with Gasteiger partial charge in [-0.05, 0) is 41.5 Å². The first-order valence-electron chi connectivity index (χ1n) is 9.51. The third-order valence-electron chi connectivity index (χ3n) is 5.44. The van der Waals surface area contributed by atoms with Crippen LogP contribution in [-0.2, 0) is 24.2 Å². The molecule has 3 aromatic heterocycles. The monoisotopic (exact) mass is 392 g/mol. The lowest BCUT2D eigenvalue weighted by Crippen LogP contribution is -2.36. The van der Waals surface area contributed by atoms with Gasteiger partial charge in [-0.25, -0.2) is 4.68 Å². The highest BCUT2D eigenvalue weighted by molar-refractivity contribution is 7.16. The largest absolute Gasteiger partial charge is 0.348 e. The second-order valence-electron chi connectivity index (χ2n) is 7.14. The highest BCUT2D eigenvalue weighted by Crippen LogP contribution is 2.30. The van der Waals surface area contributed by atoms with E-state index in [0.29, 0.717) is 11.9 Å². The van der Waals surface area contributed by atoms with Crippen molar-refractivity contribution in [3.63, 3.8) is 0 Å². The van der Waals surface area contributed by atoms with E-state index in [1.165, 1.54) is 15.8 Å². The molecular weight excluding hydrogens is 372 g/mol. The minimum Gasteiger partial charge on any atom is -0.348 e. The summed E-state index contributed by atoms with van der Waals surface area (Å²) in [4.78, 5) is 26.6. The summed E-state index contributed by atoms with van der Waals surface area (Å²) in [6.07, 6.45) is 2.53. The highest BCUT2D eigenvalue weighted by Gasteiger charge is 2.24. The number of nitrogens with zero attached hydrogens (tertiary/aromatic N) is 3. The van der Waals surface area contributed by atoms with Gasteiger partial charge in [0.15, 0.2) is 0 Å². The van der Waals surface area contributed by atoms with Crippen LogP contribution < -0.4 is 10.9 Å². The Balaban J connectivity index is 1.46. The van der Waals surface area contributed by atoms with Crippen molar-refractivity contribution in [2.24, 2.45) is 0 Å². The molecule has 0 saturated heterocycles. The molecular formula is C21H20N4O2S. The smallest absolute Gasteiger partial charge is 0.291 e. The summed E-state index contributed by atoms with van der Waals surface area (Å²) in [5.74, 6) is 0.599. The summed E-state index contributed by atoms with van der Waals surface area (Å²) in [7, 11) is 0. The fourth-order valence-electron chi connectivity index (χ4n) is 4.12. The normalized spacial score (nSPS) is 16.0. The van der Waals surface area contributed by atoms with Gasteiger partial charge in [0.25, 0.3) is 5.56 Å². The van der Waals surface area contributed by atoms with Crippen LogP contribution in [0.25, 0.3) is 15.7 Å². The molecule has 6 nitrogen and oxygen atoms in total. The van der Waals surface area contributed by atoms with Crippen molar-refractivity contribution < 1.29 is 4.79 Å². The number of nitrogens with one attached hydrogen (secondary N) is 1. The molecule has 0 saturated carbocycles. The molecule has 1 aromatic carbocycles. The van der Waals surface area contributed by atoms with E-state index < -0.39 is 0 Å². The Kier molecular flexibility index (Phi) is 4.05. The molecule has 28 heavy (non-hydrogen) atoms. The van der Waals surface area contributed by atoms with Crippen molar-refractivity contribution in [1.82, 2.24) is 19.5 Å². The summed E-state index contributed by atoms with van der Waals surface area (Å²) in [6.45, 7) is 1.94. The molecule has 1 amide bonds. The van der Waals surface area contributed by atoms with Crippen molar-refractivity contribution in [1.29, 1.82) is 0 Å². The molecule has 0 unspecified atom stereocenters. The first-order valence-corrected chi connectivity index (χ1v) is 10.4. The van der Waals surface area contributed by atoms with Crippen molar-refractivity contribution in [3.05, 3.63) is 69.1 Å². The van der Waals surface area contributed by atoms with Gasteiger partial charge in [-0.3, -0.25) is 14.0 Å². The van der Waals surface area contributed by atoms with Gasteiger partial charge < -0.3 is 5.32 Å². The highest BCUT2D eigenvalue weighted by atomic mass is 32.1. The number of amides is 1. The molecule has 1 aliphatic carbocycles. The van der Waals surface area contributed by atoms with Crippen LogP contribution in [0.5, 0.6) is 0 Å². The van der Waals surface area contributed by atoms with E-state index in [1.807, 2.05) is 41.0 Å². The first kappa shape index (κ1) is 17.2. The molecule has 0 aliphatic heterocycles. The fraction of sp³-hybridized carbons (Fsp3) is 0.286. The van der Waals surface area contributed by atoms with Gasteiger partial charge in [0.2, 0.25) is 5.91 Å². The molecule has 5 rings (SSSR count). The average molecular weight is 392 g/mol. The van der Waals surface area contributed by atoms with Gasteiger partial charge in [-0.2, -0.15) is 5.10 Å². The van der Waals surface area contributed by atoms with Crippen LogP contribution in [-0.4, -0.2) is 20.1 Å². The Labute approximate surface area is 165 Å². The molecule has 1 aliphatic rings. The van der Waals surface area contributed by atoms with Crippen LogP contribution in [0.4, 0.5) is 0 Å². The van der Waals surface area contributed by atoms with Crippen LogP contribution >= 0.6 is 11.3 Å². The Morgan fingerprint density at radius 1 is 1.32 bits per heavy atom. The Morgan fingerprint density at radius 3 is 3.04 bits per heavy atom. The number of carbonyl (C=O) groups is 1. The number of fused-ring (bicyclic) bond motifs is 4. The number of aryl methyl sites for hydroxylation is 2. The Bertz CT molecular complexity index is 1270. The number of hydrogen-bond acceptors (Lipinski definition) is 4. The molecule has 0 radical (unpaired) electrons. The fourth-order valence-corrected chi connectivity index (χ4v) is 5.03. The predicted octanol–water partition coefficient (Wildman–Crippen LogP) is 3.08. The van der Waals surface area contributed by atoms with Crippen molar-refractivity contribution in [2.45, 2.75) is 38.8 Å². The second kappa shape index (κ2) is 6.60. The number of carbonyl (C=O) groups excluding carboxylic acids is 1. The molecule has 0 spiro atoms. The predicted molar refractivity (Wildman–Crippen MR) is 110 cm³/mol. The Morgan fingerprint density at radius 2 is 2.18 bits per heavy atom. The number of aromatic nitrogens is 3. The van der Waals surface area contributed by atoms with Crippen LogP contribution in [0.2, 0.25) is 0 Å². The number of hydrogen-bond donors (Lipinski definition) is 1. The van der Waals surface area contributed by atoms with Crippen LogP contribution in [0, 0.1) is 0 Å². The zero-order valence-corrected chi connectivity index (χ0v) is 16.3. The van der Waals surface area contributed by atoms with Crippen molar-refractivity contribution >= 4 is 33.0 Å². The van der Waals surface area contributed by atoms with E-state index in [4.69, 9.17) is 0 Å². The van der Waals surface area contributed by atoms with E-state index in [9.17, 15) is 9.59 Å². The lowest BCUT2D eigenvalue weighted by atomic mass is 10.1. The van der Waals surface area contributed by atoms with Crippen LogP contribution in [0.1, 0.15) is 36.3 Å². The molecule has 0 fully saturated rings. The maximum atomic E-state index is 12.9. The first-order chi connectivity index (χ1) is 13.7. The molecule has 3 heterocycles. The molecule has 1 N–H and O–H groups in total. The lowest BCUT2D eigenvalue weighted by Gasteiger charge is -2.15. The average Bonchev–Trinajstić information content (AvgIpc) is 3.39. The van der Waals surface area contributed by atoms with Gasteiger partial charge in [-0.1, -0.05) is 31.2 Å². The van der Waals surface area contributed by atoms with Gasteiger partial charge in [-0.15, -0.1) is 11.3 Å². The molecule has 0 bridgehead atoms. The van der Waals surface area contributed by atoms with Crippen molar-refractivity contribution in [2.75, 3.05) is 0 Å². The standard InChI is InChI=1S/C21H20N4O2S/c1-2-18-23-24(20(27)17-11-14-9-10-28-21(14)25(17)18)12-19(26)22-16-8-7-13-5-3-4-6-15(13)16/h3-6,9-11,16H,2,7-8,12H2,1H3,(H,22,26)/t16-/m1/s1. The van der Waals surface area contributed by atoms with Crippen LogP contribution in [0.15, 0.2) is 46.6 Å². The number of benzene rings is 1. The summed E-state index contributed by atoms with van der Waals surface area (Å²) in [5.41, 5.74) is 2.80. The SMILES string of the molecule is CCc1nn(CC(=O)N[C@@H]2CCc3ccccc32)c(=O)c2cc3ccsc3n12. The maximum absolute atomic E-state index is 12.9. The van der Waals surface area contributed by atoms with E-state index in [-0.39, 0.29) is 24.1 Å². The van der Waals surface area contributed by atoms with E-state index in [2.05, 4.69) is 22.5 Å². The topological polar surface area (TPSA) is 68.4 Å². The van der Waals surface area contributed by atoms with Gasteiger partial charge >= 0.3 is 0 Å². The number of thiophene rings is 1. The number of rotatable bonds is 4. The summed E-state index contributed by atoms with van der Waals surface area (Å²) in [5, 5.41) is 10.6. The van der Waals surface area contributed by atoms with E-state index in [1.54, 1.807) is 11.3 Å². The zero-order chi connectivity index (χ0) is 19.3. The van der Waals surface area contributed by atoms with Gasteiger partial charge in [0.1, 0.15) is 22.7 Å². The third-order valence-corrected chi connectivity index (χ3v) is 6.35. The zero-order valence-electron chi connectivity index (χ0n) is 15.5.